The molecule has 0 aromatic heterocycles. The Labute approximate surface area is 103 Å². The number of carboxylic acid groups (broad SMARTS) is 1. The van der Waals surface area contributed by atoms with Crippen LogP contribution in [-0.2, 0) is 6.42 Å². The van der Waals surface area contributed by atoms with Crippen LogP contribution in [0.25, 0.3) is 0 Å². The smallest absolute Gasteiger partial charge is 0.337 e. The lowest BCUT2D eigenvalue weighted by molar-refractivity contribution is 0.0696. The van der Waals surface area contributed by atoms with Gasteiger partial charge in [-0.1, -0.05) is 48.1 Å². The highest BCUT2D eigenvalue weighted by molar-refractivity contribution is 6.45. The lowest BCUT2D eigenvalue weighted by Crippen LogP contribution is -2.05. The predicted octanol–water partition coefficient (Wildman–Crippen LogP) is 4.30. The first-order valence-corrected chi connectivity index (χ1v) is 5.52. The number of carbonyl (C=O) groups is 1. The summed E-state index contributed by atoms with van der Waals surface area (Å²) < 4.78 is 0. The fourth-order valence-corrected chi connectivity index (χ4v) is 2.16. The van der Waals surface area contributed by atoms with Gasteiger partial charge in [-0.2, -0.15) is 0 Å². The first kappa shape index (κ1) is 12.6. The van der Waals surface area contributed by atoms with Crippen molar-refractivity contribution in [2.75, 3.05) is 0 Å². The molecular formula is C10H9Cl3O2. The van der Waals surface area contributed by atoms with E-state index in [1.165, 1.54) is 6.07 Å². The number of halogens is 3. The minimum atomic E-state index is -1.10. The molecule has 0 heterocycles. The van der Waals surface area contributed by atoms with Gasteiger partial charge in [0.1, 0.15) is 0 Å². The SMILES string of the molecule is CCCc1c(Cl)cc(Cl)c(Cl)c1C(=O)O. The van der Waals surface area contributed by atoms with Gasteiger partial charge >= 0.3 is 5.97 Å². The first-order valence-electron chi connectivity index (χ1n) is 4.38. The Kier molecular flexibility index (Phi) is 4.26. The third kappa shape index (κ3) is 2.57. The molecule has 0 spiro atoms. The van der Waals surface area contributed by atoms with E-state index in [0.717, 1.165) is 6.42 Å². The highest BCUT2D eigenvalue weighted by Crippen LogP contribution is 2.34. The van der Waals surface area contributed by atoms with E-state index in [1.807, 2.05) is 6.92 Å². The lowest BCUT2D eigenvalue weighted by Gasteiger charge is -2.10. The summed E-state index contributed by atoms with van der Waals surface area (Å²) >= 11 is 17.5. The second-order valence-electron chi connectivity index (χ2n) is 3.06. The monoisotopic (exact) mass is 266 g/mol. The van der Waals surface area contributed by atoms with E-state index in [-0.39, 0.29) is 15.6 Å². The van der Waals surface area contributed by atoms with Crippen LogP contribution in [0, 0.1) is 0 Å². The van der Waals surface area contributed by atoms with Crippen LogP contribution < -0.4 is 0 Å². The van der Waals surface area contributed by atoms with E-state index in [1.54, 1.807) is 0 Å². The fourth-order valence-electron chi connectivity index (χ4n) is 1.35. The van der Waals surface area contributed by atoms with Crippen LogP contribution >= 0.6 is 34.8 Å². The third-order valence-corrected chi connectivity index (χ3v) is 3.11. The summed E-state index contributed by atoms with van der Waals surface area (Å²) in [5, 5.41) is 9.59. The van der Waals surface area contributed by atoms with Crippen LogP contribution in [0.3, 0.4) is 0 Å². The van der Waals surface area contributed by atoms with Crippen molar-refractivity contribution in [2.45, 2.75) is 19.8 Å². The van der Waals surface area contributed by atoms with Gasteiger partial charge in [0.25, 0.3) is 0 Å². The molecule has 0 saturated heterocycles. The van der Waals surface area contributed by atoms with Gasteiger partial charge in [0.15, 0.2) is 0 Å². The molecule has 1 aromatic carbocycles. The van der Waals surface area contributed by atoms with Crippen molar-refractivity contribution in [2.24, 2.45) is 0 Å². The number of aromatic carboxylic acids is 1. The highest BCUT2D eigenvalue weighted by atomic mass is 35.5. The maximum Gasteiger partial charge on any atom is 0.337 e. The molecule has 0 amide bonds. The average molecular weight is 268 g/mol. The summed E-state index contributed by atoms with van der Waals surface area (Å²) in [5.41, 5.74) is 0.553. The average Bonchev–Trinajstić information content (AvgIpc) is 2.14. The first-order chi connectivity index (χ1) is 6.99. The maximum absolute atomic E-state index is 11.0. The highest BCUT2D eigenvalue weighted by Gasteiger charge is 2.19. The molecule has 0 aliphatic carbocycles. The molecule has 0 atom stereocenters. The Bertz CT molecular complexity index is 402. The van der Waals surface area contributed by atoms with Crippen LogP contribution in [0.15, 0.2) is 6.07 Å². The second-order valence-corrected chi connectivity index (χ2v) is 4.26. The second kappa shape index (κ2) is 5.06. The molecular weight excluding hydrogens is 258 g/mol. The zero-order valence-electron chi connectivity index (χ0n) is 7.98. The van der Waals surface area contributed by atoms with Crippen molar-refractivity contribution in [1.82, 2.24) is 0 Å². The van der Waals surface area contributed by atoms with Gasteiger partial charge in [0, 0.05) is 5.02 Å². The van der Waals surface area contributed by atoms with Gasteiger partial charge in [-0.05, 0) is 18.1 Å². The molecule has 0 saturated carbocycles. The summed E-state index contributed by atoms with van der Waals surface area (Å²) in [6.45, 7) is 1.93. The van der Waals surface area contributed by atoms with Crippen LogP contribution in [0.5, 0.6) is 0 Å². The molecule has 0 bridgehead atoms. The molecule has 1 rings (SSSR count). The van der Waals surface area contributed by atoms with Gasteiger partial charge in [0.05, 0.1) is 15.6 Å². The number of benzene rings is 1. The molecule has 0 aliphatic heterocycles. The molecule has 1 N–H and O–H groups in total. The molecule has 1 aromatic rings. The van der Waals surface area contributed by atoms with Crippen LogP contribution in [0.1, 0.15) is 29.3 Å². The largest absolute Gasteiger partial charge is 0.478 e. The van der Waals surface area contributed by atoms with Crippen molar-refractivity contribution >= 4 is 40.8 Å². The molecule has 0 unspecified atom stereocenters. The van der Waals surface area contributed by atoms with Crippen molar-refractivity contribution in [3.63, 3.8) is 0 Å². The molecule has 2 nitrogen and oxygen atoms in total. The van der Waals surface area contributed by atoms with E-state index < -0.39 is 5.97 Å². The summed E-state index contributed by atoms with van der Waals surface area (Å²) in [7, 11) is 0. The van der Waals surface area contributed by atoms with Crippen molar-refractivity contribution in [3.05, 3.63) is 32.3 Å². The van der Waals surface area contributed by atoms with E-state index >= 15 is 0 Å². The quantitative estimate of drug-likeness (QED) is 0.829. The Morgan fingerprint density at radius 1 is 1.33 bits per heavy atom. The molecule has 15 heavy (non-hydrogen) atoms. The molecule has 5 heteroatoms. The minimum Gasteiger partial charge on any atom is -0.478 e. The van der Waals surface area contributed by atoms with Gasteiger partial charge in [-0.25, -0.2) is 4.79 Å². The predicted molar refractivity (Wildman–Crippen MR) is 62.4 cm³/mol. The third-order valence-electron chi connectivity index (χ3n) is 1.99. The number of rotatable bonds is 3. The molecule has 0 fully saturated rings. The molecule has 0 radical (unpaired) electrons. The van der Waals surface area contributed by atoms with Crippen LogP contribution in [-0.4, -0.2) is 11.1 Å². The van der Waals surface area contributed by atoms with E-state index in [2.05, 4.69) is 0 Å². The Hall–Kier alpha value is -0.440. The number of hydrogen-bond donors (Lipinski definition) is 1. The Morgan fingerprint density at radius 2 is 1.93 bits per heavy atom. The minimum absolute atomic E-state index is 0.0102. The molecule has 0 aliphatic rings. The van der Waals surface area contributed by atoms with Crippen molar-refractivity contribution in [3.8, 4) is 0 Å². The van der Waals surface area contributed by atoms with Crippen LogP contribution in [0.2, 0.25) is 15.1 Å². The van der Waals surface area contributed by atoms with Gasteiger partial charge in [-0.15, -0.1) is 0 Å². The number of hydrogen-bond acceptors (Lipinski definition) is 1. The lowest BCUT2D eigenvalue weighted by atomic mass is 10.0. The summed E-state index contributed by atoms with van der Waals surface area (Å²) in [4.78, 5) is 11.0. The maximum atomic E-state index is 11.0. The Balaban J connectivity index is 3.47. The summed E-state index contributed by atoms with van der Waals surface area (Å²) in [6.07, 6.45) is 1.36. The topological polar surface area (TPSA) is 37.3 Å². The van der Waals surface area contributed by atoms with Gasteiger partial charge < -0.3 is 5.11 Å². The fraction of sp³-hybridized carbons (Fsp3) is 0.300. The van der Waals surface area contributed by atoms with Gasteiger partial charge in [0.2, 0.25) is 0 Å². The van der Waals surface area contributed by atoms with E-state index in [0.29, 0.717) is 17.0 Å². The number of carboxylic acids is 1. The standard InChI is InChI=1S/C10H9Cl3O2/c1-2-3-5-6(11)4-7(12)9(13)8(5)10(14)15/h4H,2-3H2,1H3,(H,14,15). The van der Waals surface area contributed by atoms with Crippen molar-refractivity contribution < 1.29 is 9.90 Å². The molecule has 82 valence electrons. The van der Waals surface area contributed by atoms with E-state index in [4.69, 9.17) is 39.9 Å². The van der Waals surface area contributed by atoms with E-state index in [9.17, 15) is 4.79 Å². The van der Waals surface area contributed by atoms with Gasteiger partial charge in [-0.3, -0.25) is 0 Å². The Morgan fingerprint density at radius 3 is 2.40 bits per heavy atom. The zero-order valence-corrected chi connectivity index (χ0v) is 10.2. The normalized spacial score (nSPS) is 10.4. The summed E-state index contributed by atoms with van der Waals surface area (Å²) in [6, 6.07) is 1.48. The zero-order chi connectivity index (χ0) is 11.6. The van der Waals surface area contributed by atoms with Crippen molar-refractivity contribution in [1.29, 1.82) is 0 Å². The van der Waals surface area contributed by atoms with Crippen LogP contribution in [0.4, 0.5) is 0 Å². The summed E-state index contributed by atoms with van der Waals surface area (Å²) in [5.74, 6) is -1.10.